The largest absolute Gasteiger partial charge is 0.497 e. The fourth-order valence-electron chi connectivity index (χ4n) is 4.61. The lowest BCUT2D eigenvalue weighted by atomic mass is 9.95. The predicted molar refractivity (Wildman–Crippen MR) is 112 cm³/mol. The summed E-state index contributed by atoms with van der Waals surface area (Å²) in [4.78, 5) is 22.3. The van der Waals surface area contributed by atoms with Gasteiger partial charge in [-0.05, 0) is 49.9 Å². The third kappa shape index (κ3) is 4.02. The highest BCUT2D eigenvalue weighted by molar-refractivity contribution is 5.80. The molecule has 2 aliphatic heterocycles. The Morgan fingerprint density at radius 3 is 2.69 bits per heavy atom. The summed E-state index contributed by atoms with van der Waals surface area (Å²) < 4.78 is 10.9. The summed E-state index contributed by atoms with van der Waals surface area (Å²) in [5.74, 6) is 2.77. The Labute approximate surface area is 172 Å². The van der Waals surface area contributed by atoms with E-state index in [2.05, 4.69) is 14.8 Å². The number of hydrogen-bond donors (Lipinski definition) is 0. The van der Waals surface area contributed by atoms with Crippen molar-refractivity contribution < 1.29 is 14.3 Å². The van der Waals surface area contributed by atoms with E-state index < -0.39 is 0 Å². The SMILES string of the molecule is COc1ccc([C@@H]2CCCN2C(=O)[C@H]2CCCN(c3ccccn3)C2)c(OC)c1. The summed E-state index contributed by atoms with van der Waals surface area (Å²) in [6.07, 6.45) is 5.74. The van der Waals surface area contributed by atoms with E-state index in [1.807, 2.05) is 42.6 Å². The number of likely N-dealkylation sites (tertiary alicyclic amines) is 1. The second-order valence-electron chi connectivity index (χ2n) is 7.77. The quantitative estimate of drug-likeness (QED) is 0.773. The smallest absolute Gasteiger partial charge is 0.227 e. The van der Waals surface area contributed by atoms with Crippen molar-refractivity contribution >= 4 is 11.7 Å². The van der Waals surface area contributed by atoms with E-state index in [1.54, 1.807) is 14.2 Å². The Morgan fingerprint density at radius 1 is 1.07 bits per heavy atom. The summed E-state index contributed by atoms with van der Waals surface area (Å²) in [6.45, 7) is 2.49. The summed E-state index contributed by atoms with van der Waals surface area (Å²) in [5, 5.41) is 0. The topological polar surface area (TPSA) is 54.9 Å². The summed E-state index contributed by atoms with van der Waals surface area (Å²) in [5.41, 5.74) is 1.07. The number of ether oxygens (including phenoxy) is 2. The predicted octanol–water partition coefficient (Wildman–Crippen LogP) is 3.68. The highest BCUT2D eigenvalue weighted by Gasteiger charge is 2.37. The first-order chi connectivity index (χ1) is 14.2. The second kappa shape index (κ2) is 8.72. The van der Waals surface area contributed by atoms with Gasteiger partial charge in [-0.25, -0.2) is 4.98 Å². The maximum absolute atomic E-state index is 13.5. The van der Waals surface area contributed by atoms with Gasteiger partial charge in [-0.15, -0.1) is 0 Å². The molecule has 0 spiro atoms. The van der Waals surface area contributed by atoms with Gasteiger partial charge in [0.1, 0.15) is 17.3 Å². The normalized spacial score (nSPS) is 21.9. The van der Waals surface area contributed by atoms with Crippen molar-refractivity contribution in [3.8, 4) is 11.5 Å². The van der Waals surface area contributed by atoms with E-state index in [-0.39, 0.29) is 17.9 Å². The van der Waals surface area contributed by atoms with E-state index in [0.717, 1.165) is 68.2 Å². The van der Waals surface area contributed by atoms with Crippen LogP contribution in [0.3, 0.4) is 0 Å². The molecule has 1 aromatic heterocycles. The molecular weight excluding hydrogens is 366 g/mol. The van der Waals surface area contributed by atoms with Crippen molar-refractivity contribution in [3.05, 3.63) is 48.2 Å². The minimum Gasteiger partial charge on any atom is -0.497 e. The average Bonchev–Trinajstić information content (AvgIpc) is 3.28. The molecule has 4 rings (SSSR count). The molecule has 29 heavy (non-hydrogen) atoms. The van der Waals surface area contributed by atoms with Gasteiger partial charge in [0.15, 0.2) is 0 Å². The van der Waals surface area contributed by atoms with Crippen molar-refractivity contribution in [2.24, 2.45) is 5.92 Å². The van der Waals surface area contributed by atoms with E-state index in [1.165, 1.54) is 0 Å². The molecule has 0 bridgehead atoms. The molecule has 1 amide bonds. The summed E-state index contributed by atoms with van der Waals surface area (Å²) >= 11 is 0. The molecule has 0 N–H and O–H groups in total. The van der Waals surface area contributed by atoms with Crippen LogP contribution in [0.5, 0.6) is 11.5 Å². The number of hydrogen-bond acceptors (Lipinski definition) is 5. The van der Waals surface area contributed by atoms with E-state index in [0.29, 0.717) is 0 Å². The molecule has 6 heteroatoms. The van der Waals surface area contributed by atoms with Crippen LogP contribution in [-0.4, -0.2) is 49.6 Å². The minimum atomic E-state index is 0.00981. The fourth-order valence-corrected chi connectivity index (χ4v) is 4.61. The van der Waals surface area contributed by atoms with Crippen LogP contribution in [0, 0.1) is 5.92 Å². The van der Waals surface area contributed by atoms with Gasteiger partial charge in [0, 0.05) is 37.5 Å². The first kappa shape index (κ1) is 19.6. The zero-order valence-corrected chi connectivity index (χ0v) is 17.2. The number of methoxy groups -OCH3 is 2. The molecule has 6 nitrogen and oxygen atoms in total. The Bertz CT molecular complexity index is 843. The zero-order chi connectivity index (χ0) is 20.2. The van der Waals surface area contributed by atoms with Gasteiger partial charge in [-0.3, -0.25) is 4.79 Å². The van der Waals surface area contributed by atoms with E-state index in [4.69, 9.17) is 9.47 Å². The number of nitrogens with zero attached hydrogens (tertiary/aromatic N) is 3. The Kier molecular flexibility index (Phi) is 5.88. The van der Waals surface area contributed by atoms with Gasteiger partial charge in [0.25, 0.3) is 0 Å². The summed E-state index contributed by atoms with van der Waals surface area (Å²) in [7, 11) is 3.32. The van der Waals surface area contributed by atoms with Crippen molar-refractivity contribution in [1.82, 2.24) is 9.88 Å². The molecule has 1 aromatic carbocycles. The van der Waals surface area contributed by atoms with Crippen LogP contribution in [0.1, 0.15) is 37.3 Å². The molecule has 0 unspecified atom stereocenters. The van der Waals surface area contributed by atoms with Gasteiger partial charge in [-0.2, -0.15) is 0 Å². The van der Waals surface area contributed by atoms with Crippen LogP contribution in [-0.2, 0) is 4.79 Å². The molecular formula is C23H29N3O3. The first-order valence-electron chi connectivity index (χ1n) is 10.4. The molecule has 2 aliphatic rings. The number of amides is 1. The third-order valence-electron chi connectivity index (χ3n) is 6.08. The molecule has 0 saturated carbocycles. The Morgan fingerprint density at radius 2 is 1.93 bits per heavy atom. The maximum Gasteiger partial charge on any atom is 0.227 e. The second-order valence-corrected chi connectivity index (χ2v) is 7.77. The van der Waals surface area contributed by atoms with Crippen molar-refractivity contribution in [3.63, 3.8) is 0 Å². The van der Waals surface area contributed by atoms with Crippen LogP contribution in [0.4, 0.5) is 5.82 Å². The molecule has 3 heterocycles. The van der Waals surface area contributed by atoms with Crippen molar-refractivity contribution in [2.45, 2.75) is 31.7 Å². The number of anilines is 1. The number of pyridine rings is 1. The molecule has 0 radical (unpaired) electrons. The Hall–Kier alpha value is -2.76. The Balaban J connectivity index is 1.52. The van der Waals surface area contributed by atoms with Crippen LogP contribution in [0.15, 0.2) is 42.6 Å². The standard InChI is InChI=1S/C23H29N3O3/c1-28-18-10-11-19(21(15-18)29-2)20-8-6-14-26(20)23(27)17-7-5-13-25(16-17)22-9-3-4-12-24-22/h3-4,9-12,15,17,20H,5-8,13-14,16H2,1-2H3/t17-,20-/m0/s1. The van der Waals surface area contributed by atoms with Crippen molar-refractivity contribution in [2.75, 3.05) is 38.8 Å². The lowest BCUT2D eigenvalue weighted by Gasteiger charge is -2.36. The molecule has 154 valence electrons. The molecule has 2 saturated heterocycles. The van der Waals surface area contributed by atoms with Crippen LogP contribution >= 0.6 is 0 Å². The highest BCUT2D eigenvalue weighted by Crippen LogP contribution is 2.40. The number of carbonyl (C=O) groups is 1. The average molecular weight is 396 g/mol. The lowest BCUT2D eigenvalue weighted by molar-refractivity contribution is -0.136. The van der Waals surface area contributed by atoms with Crippen molar-refractivity contribution in [1.29, 1.82) is 0 Å². The molecule has 2 aromatic rings. The van der Waals surface area contributed by atoms with Crippen LogP contribution < -0.4 is 14.4 Å². The highest BCUT2D eigenvalue weighted by atomic mass is 16.5. The van der Waals surface area contributed by atoms with E-state index >= 15 is 0 Å². The molecule has 2 atom stereocenters. The monoisotopic (exact) mass is 395 g/mol. The molecule has 0 aliphatic carbocycles. The number of piperidine rings is 1. The van der Waals surface area contributed by atoms with Gasteiger partial charge >= 0.3 is 0 Å². The van der Waals surface area contributed by atoms with Crippen LogP contribution in [0.25, 0.3) is 0 Å². The van der Waals surface area contributed by atoms with Gasteiger partial charge in [0.05, 0.1) is 26.2 Å². The lowest BCUT2D eigenvalue weighted by Crippen LogP contribution is -2.45. The van der Waals surface area contributed by atoms with E-state index in [9.17, 15) is 4.79 Å². The molecule has 2 fully saturated rings. The zero-order valence-electron chi connectivity index (χ0n) is 17.2. The third-order valence-corrected chi connectivity index (χ3v) is 6.08. The maximum atomic E-state index is 13.5. The fraction of sp³-hybridized carbons (Fsp3) is 0.478. The first-order valence-corrected chi connectivity index (χ1v) is 10.4. The van der Waals surface area contributed by atoms with Gasteiger partial charge in [-0.1, -0.05) is 6.07 Å². The summed E-state index contributed by atoms with van der Waals surface area (Å²) in [6, 6.07) is 11.9. The number of benzene rings is 1. The van der Waals surface area contributed by atoms with Gasteiger partial charge in [0.2, 0.25) is 5.91 Å². The number of rotatable bonds is 5. The minimum absolute atomic E-state index is 0.00981. The number of aromatic nitrogens is 1. The number of carbonyl (C=O) groups excluding carboxylic acids is 1. The van der Waals surface area contributed by atoms with Gasteiger partial charge < -0.3 is 19.3 Å². The van der Waals surface area contributed by atoms with Crippen LogP contribution in [0.2, 0.25) is 0 Å².